The number of nitriles is 1. The topological polar surface area (TPSA) is 81.4 Å². The molecule has 1 N–H and O–H groups in total. The quantitative estimate of drug-likeness (QED) is 0.840. The van der Waals surface area contributed by atoms with Crippen molar-refractivity contribution < 1.29 is 22.3 Å². The van der Waals surface area contributed by atoms with Gasteiger partial charge in [-0.1, -0.05) is 12.1 Å². The highest BCUT2D eigenvalue weighted by atomic mass is 32.2. The van der Waals surface area contributed by atoms with Crippen LogP contribution < -0.4 is 0 Å². The lowest BCUT2D eigenvalue weighted by Gasteiger charge is -2.21. The van der Waals surface area contributed by atoms with E-state index in [0.29, 0.717) is 4.31 Å². The summed E-state index contributed by atoms with van der Waals surface area (Å²) < 4.78 is 49.6. The highest BCUT2D eigenvalue weighted by Crippen LogP contribution is 2.20. The van der Waals surface area contributed by atoms with Crippen LogP contribution in [0.4, 0.5) is 8.78 Å². The van der Waals surface area contributed by atoms with Crippen LogP contribution in [0, 0.1) is 11.3 Å². The highest BCUT2D eigenvalue weighted by Gasteiger charge is 2.28. The second-order valence-electron chi connectivity index (χ2n) is 3.59. The minimum atomic E-state index is -4.23. The molecule has 0 atom stereocenters. The molecule has 0 fully saturated rings. The molecule has 0 amide bonds. The van der Waals surface area contributed by atoms with E-state index in [1.165, 1.54) is 24.3 Å². The van der Waals surface area contributed by atoms with Gasteiger partial charge in [0, 0.05) is 6.54 Å². The molecule has 0 aliphatic rings. The van der Waals surface area contributed by atoms with Crippen LogP contribution in [0.2, 0.25) is 0 Å². The van der Waals surface area contributed by atoms with Gasteiger partial charge in [0.25, 0.3) is 6.43 Å². The van der Waals surface area contributed by atoms with Crippen molar-refractivity contribution in [2.45, 2.75) is 11.3 Å². The van der Waals surface area contributed by atoms with E-state index in [9.17, 15) is 17.2 Å². The summed E-state index contributed by atoms with van der Waals surface area (Å²) in [7, 11) is -4.23. The molecule has 1 aromatic rings. The fourth-order valence-corrected chi connectivity index (χ4v) is 3.05. The van der Waals surface area contributed by atoms with E-state index < -0.39 is 36.1 Å². The first-order valence-corrected chi connectivity index (χ1v) is 6.75. The zero-order chi connectivity index (χ0) is 14.5. The molecule has 0 bridgehead atoms. The predicted molar refractivity (Wildman–Crippen MR) is 63.0 cm³/mol. The maximum atomic E-state index is 12.4. The van der Waals surface area contributed by atoms with Crippen LogP contribution >= 0.6 is 0 Å². The summed E-state index contributed by atoms with van der Waals surface area (Å²) in [6.45, 7) is -2.06. The molecule has 1 aromatic carbocycles. The van der Waals surface area contributed by atoms with Gasteiger partial charge in [-0.05, 0) is 12.1 Å². The molecule has 0 aromatic heterocycles. The van der Waals surface area contributed by atoms with Gasteiger partial charge in [-0.15, -0.1) is 0 Å². The molecule has 0 heterocycles. The predicted octanol–water partition coefficient (Wildman–Crippen LogP) is 0.806. The normalized spacial score (nSPS) is 11.8. The van der Waals surface area contributed by atoms with E-state index in [1.807, 2.05) is 0 Å². The molecule has 5 nitrogen and oxygen atoms in total. The summed E-state index contributed by atoms with van der Waals surface area (Å²) >= 11 is 0. The lowest BCUT2D eigenvalue weighted by Crippen LogP contribution is -2.37. The minimum absolute atomic E-state index is 0.125. The second-order valence-corrected chi connectivity index (χ2v) is 5.49. The van der Waals surface area contributed by atoms with Crippen LogP contribution in [-0.2, 0) is 10.0 Å². The van der Waals surface area contributed by atoms with Crippen LogP contribution in [0.15, 0.2) is 29.2 Å². The Hall–Kier alpha value is -1.56. The van der Waals surface area contributed by atoms with Crippen molar-refractivity contribution >= 4 is 10.0 Å². The van der Waals surface area contributed by atoms with E-state index in [4.69, 9.17) is 10.4 Å². The Bertz CT molecular complexity index is 570. The Morgan fingerprint density at radius 1 is 1.37 bits per heavy atom. The summed E-state index contributed by atoms with van der Waals surface area (Å²) in [5, 5.41) is 17.6. The first-order chi connectivity index (χ1) is 8.93. The summed E-state index contributed by atoms with van der Waals surface area (Å²) in [6, 6.07) is 7.02. The lowest BCUT2D eigenvalue weighted by molar-refractivity contribution is 0.113. The molecule has 8 heteroatoms. The number of hydrogen-bond acceptors (Lipinski definition) is 4. The SMILES string of the molecule is N#Cc1ccccc1S(=O)(=O)N(CCO)CC(F)F. The van der Waals surface area contributed by atoms with Gasteiger partial charge in [0.15, 0.2) is 0 Å². The van der Waals surface area contributed by atoms with Crippen molar-refractivity contribution in [1.29, 1.82) is 5.26 Å². The zero-order valence-corrected chi connectivity index (χ0v) is 10.6. The van der Waals surface area contributed by atoms with Gasteiger partial charge in [0.2, 0.25) is 10.0 Å². The van der Waals surface area contributed by atoms with Crippen molar-refractivity contribution in [3.63, 3.8) is 0 Å². The van der Waals surface area contributed by atoms with Crippen molar-refractivity contribution in [2.24, 2.45) is 0 Å². The first kappa shape index (κ1) is 15.5. The summed E-state index contributed by atoms with van der Waals surface area (Å²) in [4.78, 5) is -0.341. The highest BCUT2D eigenvalue weighted by molar-refractivity contribution is 7.89. The van der Waals surface area contributed by atoms with Crippen LogP contribution in [0.1, 0.15) is 5.56 Å². The van der Waals surface area contributed by atoms with Gasteiger partial charge in [-0.2, -0.15) is 9.57 Å². The van der Waals surface area contributed by atoms with Crippen LogP contribution in [0.3, 0.4) is 0 Å². The average Bonchev–Trinajstić information content (AvgIpc) is 2.37. The monoisotopic (exact) mass is 290 g/mol. The fraction of sp³-hybridized carbons (Fsp3) is 0.364. The summed E-state index contributed by atoms with van der Waals surface area (Å²) in [6.07, 6.45) is -2.87. The maximum Gasteiger partial charge on any atom is 0.252 e. The van der Waals surface area contributed by atoms with Gasteiger partial charge in [-0.25, -0.2) is 17.2 Å². The number of aliphatic hydroxyl groups is 1. The van der Waals surface area contributed by atoms with Gasteiger partial charge in [-0.3, -0.25) is 0 Å². The molecule has 0 saturated heterocycles. The summed E-state index contributed by atoms with van der Waals surface area (Å²) in [5.41, 5.74) is -0.125. The molecule has 0 aliphatic heterocycles. The third-order valence-electron chi connectivity index (χ3n) is 2.32. The van der Waals surface area contributed by atoms with Crippen molar-refractivity contribution in [2.75, 3.05) is 19.7 Å². The Labute approximate surface area is 109 Å². The zero-order valence-electron chi connectivity index (χ0n) is 9.83. The molecule has 104 valence electrons. The molecule has 0 unspecified atom stereocenters. The number of rotatable bonds is 6. The third-order valence-corrected chi connectivity index (χ3v) is 4.24. The number of hydrogen-bond donors (Lipinski definition) is 1. The molecule has 0 radical (unpaired) electrons. The van der Waals surface area contributed by atoms with Crippen LogP contribution in [0.25, 0.3) is 0 Å². The average molecular weight is 290 g/mol. The number of benzene rings is 1. The van der Waals surface area contributed by atoms with Crippen molar-refractivity contribution in [1.82, 2.24) is 4.31 Å². The second kappa shape index (κ2) is 6.56. The van der Waals surface area contributed by atoms with Crippen LogP contribution in [-0.4, -0.2) is 44.0 Å². The number of halogens is 2. The number of nitrogens with zero attached hydrogens (tertiary/aromatic N) is 2. The minimum Gasteiger partial charge on any atom is -0.395 e. The fourth-order valence-electron chi connectivity index (χ4n) is 1.50. The van der Waals surface area contributed by atoms with E-state index in [1.54, 1.807) is 6.07 Å². The first-order valence-electron chi connectivity index (χ1n) is 5.31. The third kappa shape index (κ3) is 3.70. The number of aliphatic hydroxyl groups excluding tert-OH is 1. The van der Waals surface area contributed by atoms with E-state index in [2.05, 4.69) is 0 Å². The Morgan fingerprint density at radius 2 is 2.00 bits per heavy atom. The van der Waals surface area contributed by atoms with Crippen molar-refractivity contribution in [3.8, 4) is 6.07 Å². The van der Waals surface area contributed by atoms with E-state index in [0.717, 1.165) is 0 Å². The Morgan fingerprint density at radius 3 is 2.53 bits per heavy atom. The molecule has 1 rings (SSSR count). The molecular formula is C11H12F2N2O3S. The largest absolute Gasteiger partial charge is 0.395 e. The molecule has 0 aliphatic carbocycles. The molecule has 0 spiro atoms. The molecule has 19 heavy (non-hydrogen) atoms. The van der Waals surface area contributed by atoms with Gasteiger partial charge in [0.1, 0.15) is 6.07 Å². The van der Waals surface area contributed by atoms with Gasteiger partial charge < -0.3 is 5.11 Å². The van der Waals surface area contributed by atoms with Gasteiger partial charge in [0.05, 0.1) is 23.6 Å². The van der Waals surface area contributed by atoms with Gasteiger partial charge >= 0.3 is 0 Å². The number of sulfonamides is 1. The van der Waals surface area contributed by atoms with E-state index >= 15 is 0 Å². The number of alkyl halides is 2. The smallest absolute Gasteiger partial charge is 0.252 e. The Kier molecular flexibility index (Phi) is 5.35. The molecule has 0 saturated carbocycles. The maximum absolute atomic E-state index is 12.4. The Balaban J connectivity index is 3.23. The lowest BCUT2D eigenvalue weighted by atomic mass is 10.2. The molecular weight excluding hydrogens is 278 g/mol. The summed E-state index contributed by atoms with van der Waals surface area (Å²) in [5.74, 6) is 0. The standard InChI is InChI=1S/C11H12F2N2O3S/c12-11(13)8-15(5-6-16)19(17,18)10-4-2-1-3-9(10)7-14/h1-4,11,16H,5-6,8H2. The van der Waals surface area contributed by atoms with Crippen molar-refractivity contribution in [3.05, 3.63) is 29.8 Å². The van der Waals surface area contributed by atoms with Crippen LogP contribution in [0.5, 0.6) is 0 Å². The van der Waals surface area contributed by atoms with E-state index in [-0.39, 0.29) is 10.5 Å².